The number of hydrogen-bond donors (Lipinski definition) is 0. The molecule has 2 rings (SSSR count). The Hall–Kier alpha value is -2.18. The molecule has 0 bridgehead atoms. The van der Waals surface area contributed by atoms with Crippen molar-refractivity contribution in [1.82, 2.24) is 4.90 Å². The summed E-state index contributed by atoms with van der Waals surface area (Å²) in [5.41, 5.74) is 0.607. The van der Waals surface area contributed by atoms with Crippen molar-refractivity contribution < 1.29 is 27.4 Å². The largest absolute Gasteiger partial charge is 0.491 e. The van der Waals surface area contributed by atoms with Crippen molar-refractivity contribution >= 4 is 5.91 Å². The first kappa shape index (κ1) is 16.2. The second-order valence-electron chi connectivity index (χ2n) is 4.84. The Bertz CT molecular complexity index is 555. The van der Waals surface area contributed by atoms with E-state index in [-0.39, 0.29) is 31.3 Å². The molecule has 1 aliphatic heterocycles. The van der Waals surface area contributed by atoms with Crippen LogP contribution >= 0.6 is 0 Å². The van der Waals surface area contributed by atoms with Gasteiger partial charge in [-0.1, -0.05) is 30.3 Å². The lowest BCUT2D eigenvalue weighted by Crippen LogP contribution is -2.40. The van der Waals surface area contributed by atoms with Crippen LogP contribution in [0.25, 0.3) is 0 Å². The number of benzene rings is 1. The van der Waals surface area contributed by atoms with Gasteiger partial charge in [0, 0.05) is 6.54 Å². The summed E-state index contributed by atoms with van der Waals surface area (Å²) in [5.74, 6) is -0.777. The van der Waals surface area contributed by atoms with Gasteiger partial charge < -0.3 is 14.4 Å². The fourth-order valence-electron chi connectivity index (χ4n) is 2.08. The SMILES string of the molecule is CC1=C(C(=O)N(Cc2ccccc2)CC(F)(F)F)OCCO1. The molecule has 0 unspecified atom stereocenters. The van der Waals surface area contributed by atoms with Crippen LogP contribution in [0.1, 0.15) is 12.5 Å². The standard InChI is InChI=1S/C15H16F3NO3/c1-11-13(22-8-7-21-11)14(20)19(10-15(16,17)18)9-12-5-3-2-4-6-12/h2-6H,7-10H2,1H3. The van der Waals surface area contributed by atoms with Crippen LogP contribution in [0.4, 0.5) is 13.2 Å². The monoisotopic (exact) mass is 315 g/mol. The number of carbonyl (C=O) groups is 1. The number of alkyl halides is 3. The molecule has 0 aromatic heterocycles. The van der Waals surface area contributed by atoms with E-state index in [1.54, 1.807) is 30.3 Å². The number of ether oxygens (including phenoxy) is 2. The van der Waals surface area contributed by atoms with Gasteiger partial charge in [0.15, 0.2) is 0 Å². The number of amides is 1. The maximum Gasteiger partial charge on any atom is 0.406 e. The number of carbonyl (C=O) groups excluding carboxylic acids is 1. The predicted octanol–water partition coefficient (Wildman–Crippen LogP) is 2.86. The predicted molar refractivity (Wildman–Crippen MR) is 72.5 cm³/mol. The van der Waals surface area contributed by atoms with Gasteiger partial charge in [0.05, 0.1) is 0 Å². The summed E-state index contributed by atoms with van der Waals surface area (Å²) in [6.45, 7) is 0.422. The molecular formula is C15H16F3NO3. The maximum atomic E-state index is 12.8. The highest BCUT2D eigenvalue weighted by atomic mass is 19.4. The van der Waals surface area contributed by atoms with E-state index in [0.717, 1.165) is 0 Å². The van der Waals surface area contributed by atoms with Crippen LogP contribution in [0.5, 0.6) is 0 Å². The summed E-state index contributed by atoms with van der Waals surface area (Å²) in [7, 11) is 0. The van der Waals surface area contributed by atoms with Gasteiger partial charge in [-0.25, -0.2) is 0 Å². The van der Waals surface area contributed by atoms with Crippen molar-refractivity contribution in [3.05, 3.63) is 47.4 Å². The smallest absolute Gasteiger partial charge is 0.406 e. The zero-order chi connectivity index (χ0) is 16.2. The highest BCUT2D eigenvalue weighted by Gasteiger charge is 2.35. The quantitative estimate of drug-likeness (QED) is 0.857. The minimum atomic E-state index is -4.49. The second-order valence-corrected chi connectivity index (χ2v) is 4.84. The van der Waals surface area contributed by atoms with Crippen molar-refractivity contribution in [2.24, 2.45) is 0 Å². The maximum absolute atomic E-state index is 12.8. The lowest BCUT2D eigenvalue weighted by molar-refractivity contribution is -0.162. The number of halogens is 3. The molecule has 0 spiro atoms. The van der Waals surface area contributed by atoms with E-state index in [0.29, 0.717) is 10.5 Å². The van der Waals surface area contributed by atoms with Crippen molar-refractivity contribution in [3.63, 3.8) is 0 Å². The molecular weight excluding hydrogens is 299 g/mol. The molecule has 1 aromatic rings. The van der Waals surface area contributed by atoms with Gasteiger partial charge >= 0.3 is 6.18 Å². The Morgan fingerprint density at radius 2 is 1.82 bits per heavy atom. The van der Waals surface area contributed by atoms with Crippen LogP contribution < -0.4 is 0 Å². The Balaban J connectivity index is 2.22. The molecule has 1 aliphatic rings. The lowest BCUT2D eigenvalue weighted by atomic mass is 10.2. The van der Waals surface area contributed by atoms with Crippen LogP contribution in [0, 0.1) is 0 Å². The summed E-state index contributed by atoms with van der Waals surface area (Å²) >= 11 is 0. The first-order valence-electron chi connectivity index (χ1n) is 6.73. The van der Waals surface area contributed by atoms with Crippen LogP contribution in [0.3, 0.4) is 0 Å². The molecule has 0 fully saturated rings. The summed E-state index contributed by atoms with van der Waals surface area (Å²) < 4.78 is 48.6. The van der Waals surface area contributed by atoms with Crippen LogP contribution in [-0.4, -0.2) is 36.7 Å². The molecule has 0 atom stereocenters. The van der Waals surface area contributed by atoms with E-state index in [1.165, 1.54) is 6.92 Å². The average Bonchev–Trinajstić information content (AvgIpc) is 2.46. The summed E-state index contributed by atoms with van der Waals surface area (Å²) in [4.78, 5) is 13.1. The normalized spacial score (nSPS) is 15.1. The van der Waals surface area contributed by atoms with Gasteiger partial charge in [0.25, 0.3) is 5.91 Å². The highest BCUT2D eigenvalue weighted by Crippen LogP contribution is 2.22. The molecule has 1 aromatic carbocycles. The van der Waals surface area contributed by atoms with Gasteiger partial charge in [-0.2, -0.15) is 13.2 Å². The molecule has 0 aliphatic carbocycles. The number of hydrogen-bond acceptors (Lipinski definition) is 3. The molecule has 7 heteroatoms. The summed E-state index contributed by atoms with van der Waals surface area (Å²) in [6, 6.07) is 8.49. The van der Waals surface area contributed by atoms with E-state index in [4.69, 9.17) is 9.47 Å². The zero-order valence-electron chi connectivity index (χ0n) is 12.0. The fourth-order valence-corrected chi connectivity index (χ4v) is 2.08. The highest BCUT2D eigenvalue weighted by molar-refractivity contribution is 5.92. The third-order valence-corrected chi connectivity index (χ3v) is 3.04. The molecule has 0 saturated heterocycles. The molecule has 1 amide bonds. The van der Waals surface area contributed by atoms with E-state index < -0.39 is 18.6 Å². The summed E-state index contributed by atoms with van der Waals surface area (Å²) in [5, 5.41) is 0. The molecule has 4 nitrogen and oxygen atoms in total. The Morgan fingerprint density at radius 1 is 1.18 bits per heavy atom. The van der Waals surface area contributed by atoms with Gasteiger partial charge in [-0.3, -0.25) is 4.79 Å². The van der Waals surface area contributed by atoms with E-state index in [1.807, 2.05) is 0 Å². The van der Waals surface area contributed by atoms with Gasteiger partial charge in [-0.15, -0.1) is 0 Å². The molecule has 0 saturated carbocycles. The van der Waals surface area contributed by atoms with Crippen molar-refractivity contribution in [3.8, 4) is 0 Å². The fraction of sp³-hybridized carbons (Fsp3) is 0.400. The molecule has 22 heavy (non-hydrogen) atoms. The van der Waals surface area contributed by atoms with Crippen molar-refractivity contribution in [2.45, 2.75) is 19.6 Å². The zero-order valence-corrected chi connectivity index (χ0v) is 12.0. The van der Waals surface area contributed by atoms with E-state index >= 15 is 0 Å². The molecule has 1 heterocycles. The first-order valence-corrected chi connectivity index (χ1v) is 6.73. The van der Waals surface area contributed by atoms with Gasteiger partial charge in [0.1, 0.15) is 25.5 Å². The van der Waals surface area contributed by atoms with Crippen molar-refractivity contribution in [2.75, 3.05) is 19.8 Å². The average molecular weight is 315 g/mol. The Labute approximate surface area is 126 Å². The topological polar surface area (TPSA) is 38.8 Å². The second kappa shape index (κ2) is 6.72. The number of nitrogens with zero attached hydrogens (tertiary/aromatic N) is 1. The summed E-state index contributed by atoms with van der Waals surface area (Å²) in [6.07, 6.45) is -4.49. The van der Waals surface area contributed by atoms with E-state index in [9.17, 15) is 18.0 Å². The van der Waals surface area contributed by atoms with Crippen LogP contribution in [0.15, 0.2) is 41.9 Å². The Kier molecular flexibility index (Phi) is 4.95. The lowest BCUT2D eigenvalue weighted by Gasteiger charge is -2.27. The molecule has 0 radical (unpaired) electrons. The van der Waals surface area contributed by atoms with Crippen LogP contribution in [-0.2, 0) is 20.8 Å². The Morgan fingerprint density at radius 3 is 2.41 bits per heavy atom. The van der Waals surface area contributed by atoms with Crippen LogP contribution in [0.2, 0.25) is 0 Å². The van der Waals surface area contributed by atoms with Crippen molar-refractivity contribution in [1.29, 1.82) is 0 Å². The van der Waals surface area contributed by atoms with Gasteiger partial charge in [-0.05, 0) is 12.5 Å². The third kappa shape index (κ3) is 4.41. The molecule has 0 N–H and O–H groups in total. The van der Waals surface area contributed by atoms with E-state index in [2.05, 4.69) is 0 Å². The third-order valence-electron chi connectivity index (χ3n) is 3.04. The minimum Gasteiger partial charge on any atom is -0.491 e. The molecule has 120 valence electrons. The number of rotatable bonds is 4. The van der Waals surface area contributed by atoms with Gasteiger partial charge in [0.2, 0.25) is 5.76 Å². The minimum absolute atomic E-state index is 0.142. The first-order chi connectivity index (χ1) is 10.4. The number of allylic oxidation sites excluding steroid dienone is 1.